The van der Waals surface area contributed by atoms with Crippen LogP contribution >= 0.6 is 23.5 Å². The van der Waals surface area contributed by atoms with Crippen molar-refractivity contribution in [2.75, 3.05) is 12.5 Å². The average Bonchev–Trinajstić information content (AvgIpc) is 3.52. The maximum absolute atomic E-state index is 4.99. The van der Waals surface area contributed by atoms with Gasteiger partial charge in [-0.25, -0.2) is 4.68 Å². The number of hydrogen-bond donors (Lipinski definition) is 1. The van der Waals surface area contributed by atoms with E-state index in [1.54, 1.807) is 23.5 Å². The van der Waals surface area contributed by atoms with Crippen LogP contribution in [0.25, 0.3) is 16.9 Å². The summed E-state index contributed by atoms with van der Waals surface area (Å²) in [7, 11) is 0. The summed E-state index contributed by atoms with van der Waals surface area (Å²) in [6, 6.07) is 27.6. The Morgan fingerprint density at radius 3 is 2.06 bits per heavy atom. The second-order valence-electron chi connectivity index (χ2n) is 7.61. The summed E-state index contributed by atoms with van der Waals surface area (Å²) in [4.78, 5) is 2.51. The first-order valence-corrected chi connectivity index (χ1v) is 13.0. The summed E-state index contributed by atoms with van der Waals surface area (Å²) in [6.07, 6.45) is 7.16. The smallest absolute Gasteiger partial charge is 0.0981 e. The number of para-hydroxylation sites is 1. The fraction of sp³-hybridized carbons (Fsp3) is 0.154. The predicted molar refractivity (Wildman–Crippen MR) is 136 cm³/mol. The number of hydrogen-bond acceptors (Lipinski definition) is 5. The lowest BCUT2D eigenvalue weighted by Gasteiger charge is -2.10. The summed E-state index contributed by atoms with van der Waals surface area (Å²) in [6.45, 7) is 0. The zero-order chi connectivity index (χ0) is 21.9. The molecule has 6 heteroatoms. The maximum Gasteiger partial charge on any atom is 0.0981 e. The molecular weight excluding hydrogens is 432 g/mol. The minimum atomic E-state index is 0.0814. The second-order valence-corrected chi connectivity index (χ2v) is 9.37. The maximum atomic E-state index is 4.99. The third kappa shape index (κ3) is 4.20. The summed E-state index contributed by atoms with van der Waals surface area (Å²) in [5.74, 6) is 0. The zero-order valence-corrected chi connectivity index (χ0v) is 19.7. The van der Waals surface area contributed by atoms with Crippen LogP contribution in [0.1, 0.15) is 23.6 Å². The highest BCUT2D eigenvalue weighted by molar-refractivity contribution is 7.98. The standard InChI is InChI=1S/C26H24N4S2/c1-31-21-12-8-18(9-13-21)24-16-25(28-27-24)23-17-30(20-6-4-3-5-7-20)29-26(23)19-10-14-22(32-2)15-11-19/h3-15,17,25,28H,16H2,1-2H3. The van der Waals surface area contributed by atoms with E-state index in [0.29, 0.717) is 0 Å². The van der Waals surface area contributed by atoms with Gasteiger partial charge in [-0.2, -0.15) is 10.2 Å². The van der Waals surface area contributed by atoms with Crippen LogP contribution in [0.3, 0.4) is 0 Å². The van der Waals surface area contributed by atoms with Crippen molar-refractivity contribution < 1.29 is 0 Å². The predicted octanol–water partition coefficient (Wildman–Crippen LogP) is 6.42. The number of nitrogens with zero attached hydrogens (tertiary/aromatic N) is 3. The Bertz CT molecular complexity index is 1230. The van der Waals surface area contributed by atoms with E-state index in [2.05, 4.69) is 89.9 Å². The first-order valence-electron chi connectivity index (χ1n) is 10.5. The van der Waals surface area contributed by atoms with Gasteiger partial charge in [-0.15, -0.1) is 23.5 Å². The van der Waals surface area contributed by atoms with Crippen molar-refractivity contribution in [2.24, 2.45) is 5.10 Å². The van der Waals surface area contributed by atoms with Gasteiger partial charge in [0.25, 0.3) is 0 Å². The molecule has 4 aromatic rings. The number of aromatic nitrogens is 2. The Morgan fingerprint density at radius 1 is 0.812 bits per heavy atom. The topological polar surface area (TPSA) is 42.2 Å². The fourth-order valence-electron chi connectivity index (χ4n) is 3.91. The van der Waals surface area contributed by atoms with Crippen molar-refractivity contribution in [3.63, 3.8) is 0 Å². The molecule has 0 fully saturated rings. The van der Waals surface area contributed by atoms with E-state index in [9.17, 15) is 0 Å². The Labute approximate surface area is 197 Å². The molecule has 1 aliphatic heterocycles. The SMILES string of the molecule is CSc1ccc(C2=NNC(c3cn(-c4ccccc4)nc3-c3ccc(SC)cc3)C2)cc1. The molecule has 0 amide bonds. The zero-order valence-electron chi connectivity index (χ0n) is 18.0. The van der Waals surface area contributed by atoms with Gasteiger partial charge in [-0.3, -0.25) is 0 Å². The highest BCUT2D eigenvalue weighted by atomic mass is 32.2. The Hall–Kier alpha value is -2.96. The van der Waals surface area contributed by atoms with E-state index in [1.165, 1.54) is 15.4 Å². The van der Waals surface area contributed by atoms with Crippen molar-refractivity contribution in [1.82, 2.24) is 15.2 Å². The molecule has 0 saturated heterocycles. The minimum Gasteiger partial charge on any atom is -0.302 e. The molecule has 4 nitrogen and oxygen atoms in total. The van der Waals surface area contributed by atoms with Crippen LogP contribution in [0.15, 0.2) is 100.0 Å². The molecule has 1 aromatic heterocycles. The molecule has 2 heterocycles. The third-order valence-electron chi connectivity index (χ3n) is 5.68. The van der Waals surface area contributed by atoms with Crippen molar-refractivity contribution in [1.29, 1.82) is 0 Å². The van der Waals surface area contributed by atoms with Crippen LogP contribution in [-0.2, 0) is 0 Å². The van der Waals surface area contributed by atoms with Gasteiger partial charge >= 0.3 is 0 Å². The van der Waals surface area contributed by atoms with E-state index < -0.39 is 0 Å². The first-order chi connectivity index (χ1) is 15.7. The normalized spacial score (nSPS) is 15.4. The van der Waals surface area contributed by atoms with E-state index in [-0.39, 0.29) is 6.04 Å². The van der Waals surface area contributed by atoms with E-state index in [1.807, 2.05) is 22.9 Å². The van der Waals surface area contributed by atoms with Crippen LogP contribution in [0.4, 0.5) is 0 Å². The van der Waals surface area contributed by atoms with Crippen molar-refractivity contribution in [3.8, 4) is 16.9 Å². The summed E-state index contributed by atoms with van der Waals surface area (Å²) in [5.41, 5.74) is 9.94. The average molecular weight is 457 g/mol. The first kappa shape index (κ1) is 20.9. The quantitative estimate of drug-likeness (QED) is 0.340. The molecule has 0 saturated carbocycles. The molecule has 5 rings (SSSR count). The van der Waals surface area contributed by atoms with Gasteiger partial charge in [0.1, 0.15) is 0 Å². The molecular formula is C26H24N4S2. The largest absolute Gasteiger partial charge is 0.302 e. The molecule has 0 radical (unpaired) electrons. The number of thioether (sulfide) groups is 2. The third-order valence-corrected chi connectivity index (χ3v) is 7.17. The number of rotatable bonds is 6. The van der Waals surface area contributed by atoms with Gasteiger partial charge in [0.2, 0.25) is 0 Å². The van der Waals surface area contributed by atoms with Gasteiger partial charge in [0.15, 0.2) is 0 Å². The fourth-order valence-corrected chi connectivity index (χ4v) is 4.73. The van der Waals surface area contributed by atoms with E-state index in [4.69, 9.17) is 5.10 Å². The van der Waals surface area contributed by atoms with Gasteiger partial charge in [-0.1, -0.05) is 42.5 Å². The number of hydrazone groups is 1. The lowest BCUT2D eigenvalue weighted by atomic mass is 9.97. The lowest BCUT2D eigenvalue weighted by molar-refractivity contribution is 0.621. The summed E-state index contributed by atoms with van der Waals surface area (Å²) in [5, 5.41) is 9.67. The van der Waals surface area contributed by atoms with Crippen LogP contribution in [0.2, 0.25) is 0 Å². The number of nitrogens with one attached hydrogen (secondary N) is 1. The van der Waals surface area contributed by atoms with Gasteiger partial charge in [0, 0.05) is 33.5 Å². The number of benzene rings is 3. The van der Waals surface area contributed by atoms with Crippen LogP contribution in [-0.4, -0.2) is 28.0 Å². The molecule has 1 unspecified atom stereocenters. The van der Waals surface area contributed by atoms with Crippen molar-refractivity contribution >= 4 is 29.2 Å². The van der Waals surface area contributed by atoms with Crippen molar-refractivity contribution in [3.05, 3.63) is 96.2 Å². The van der Waals surface area contributed by atoms with E-state index >= 15 is 0 Å². The van der Waals surface area contributed by atoms with Crippen LogP contribution in [0.5, 0.6) is 0 Å². The summed E-state index contributed by atoms with van der Waals surface area (Å²) < 4.78 is 1.97. The Kier molecular flexibility index (Phi) is 6.06. The summed E-state index contributed by atoms with van der Waals surface area (Å²) >= 11 is 3.50. The molecule has 1 N–H and O–H groups in total. The lowest BCUT2D eigenvalue weighted by Crippen LogP contribution is -2.10. The molecule has 1 aliphatic rings. The highest BCUT2D eigenvalue weighted by Gasteiger charge is 2.26. The van der Waals surface area contributed by atoms with Crippen LogP contribution < -0.4 is 5.43 Å². The Balaban J connectivity index is 1.48. The molecule has 0 spiro atoms. The van der Waals surface area contributed by atoms with Gasteiger partial charge in [-0.05, 0) is 54.5 Å². The second kappa shape index (κ2) is 9.27. The van der Waals surface area contributed by atoms with Crippen LogP contribution in [0, 0.1) is 0 Å². The van der Waals surface area contributed by atoms with Crippen molar-refractivity contribution in [2.45, 2.75) is 22.3 Å². The molecule has 0 bridgehead atoms. The molecule has 0 aliphatic carbocycles. The monoisotopic (exact) mass is 456 g/mol. The highest BCUT2D eigenvalue weighted by Crippen LogP contribution is 2.34. The van der Waals surface area contributed by atoms with E-state index in [0.717, 1.165) is 34.6 Å². The Morgan fingerprint density at radius 2 is 1.44 bits per heavy atom. The molecule has 3 aromatic carbocycles. The van der Waals surface area contributed by atoms with Gasteiger partial charge in [0.05, 0.1) is 23.1 Å². The molecule has 1 atom stereocenters. The molecule has 32 heavy (non-hydrogen) atoms. The minimum absolute atomic E-state index is 0.0814. The molecule has 160 valence electrons. The van der Waals surface area contributed by atoms with Gasteiger partial charge < -0.3 is 5.43 Å².